The minimum atomic E-state index is -1.30. The van der Waals surface area contributed by atoms with E-state index in [0.717, 1.165) is 49.7 Å². The summed E-state index contributed by atoms with van der Waals surface area (Å²) >= 11 is 0. The smallest absolute Gasteiger partial charge is 0.550 e. The summed E-state index contributed by atoms with van der Waals surface area (Å²) < 4.78 is 35.1. The number of esters is 1. The molecule has 0 radical (unpaired) electrons. The van der Waals surface area contributed by atoms with E-state index in [2.05, 4.69) is 20.8 Å². The molecule has 49 heavy (non-hydrogen) atoms. The van der Waals surface area contributed by atoms with E-state index in [1.54, 1.807) is 7.11 Å². The molecule has 8 aliphatic heterocycles. The maximum absolute atomic E-state index is 12.0. The average Bonchev–Trinajstić information content (AvgIpc) is 3.42. The van der Waals surface area contributed by atoms with Gasteiger partial charge in [-0.3, -0.25) is 4.79 Å². The van der Waals surface area contributed by atoms with Crippen LogP contribution in [0.25, 0.3) is 0 Å². The zero-order valence-corrected chi connectivity index (χ0v) is 32.0. The van der Waals surface area contributed by atoms with E-state index in [0.29, 0.717) is 30.1 Å². The summed E-state index contributed by atoms with van der Waals surface area (Å²) in [4.78, 5) is 46.0. The second-order valence-electron chi connectivity index (χ2n) is 15.4. The Labute approximate surface area is 309 Å². The monoisotopic (exact) mass is 700 g/mol. The summed E-state index contributed by atoms with van der Waals surface area (Å²) in [6.07, 6.45) is 5.71. The summed E-state index contributed by atoms with van der Waals surface area (Å²) in [6, 6.07) is 0. The summed E-state index contributed by atoms with van der Waals surface area (Å²) in [6.45, 7) is 12.2. The molecule has 0 aromatic carbocycles. The Balaban J connectivity index is 0.000000171. The Bertz CT molecular complexity index is 1380. The van der Waals surface area contributed by atoms with Crippen LogP contribution in [-0.2, 0) is 57.6 Å². The van der Waals surface area contributed by atoms with Crippen LogP contribution in [0.5, 0.6) is 0 Å². The van der Waals surface area contributed by atoms with E-state index in [1.807, 2.05) is 20.8 Å². The van der Waals surface area contributed by atoms with Gasteiger partial charge in [-0.25, -0.2) is 19.6 Å². The summed E-state index contributed by atoms with van der Waals surface area (Å²) in [5.41, 5.74) is 0.587. The molecule has 12 atom stereocenters. The van der Waals surface area contributed by atoms with E-state index in [1.165, 1.54) is 6.42 Å². The molecular formula is C35H49NaO13. The van der Waals surface area contributed by atoms with Crippen molar-refractivity contribution in [3.63, 3.8) is 0 Å². The van der Waals surface area contributed by atoms with Crippen LogP contribution in [0.15, 0.2) is 23.0 Å². The van der Waals surface area contributed by atoms with Crippen molar-refractivity contribution in [2.75, 3.05) is 7.11 Å². The van der Waals surface area contributed by atoms with Crippen molar-refractivity contribution in [3.8, 4) is 0 Å². The fraction of sp³-hybridized carbons (Fsp3) is 0.829. The van der Waals surface area contributed by atoms with Gasteiger partial charge in [-0.1, -0.05) is 13.8 Å². The Morgan fingerprint density at radius 3 is 1.67 bits per heavy atom. The molecule has 6 saturated heterocycles. The van der Waals surface area contributed by atoms with Crippen LogP contribution in [0.2, 0.25) is 0 Å². The predicted molar refractivity (Wildman–Crippen MR) is 160 cm³/mol. The summed E-state index contributed by atoms with van der Waals surface area (Å²) in [5, 5.41) is 10.6. The second-order valence-corrected chi connectivity index (χ2v) is 15.4. The van der Waals surface area contributed by atoms with Crippen molar-refractivity contribution in [1.29, 1.82) is 0 Å². The van der Waals surface area contributed by atoms with Gasteiger partial charge >= 0.3 is 35.5 Å². The Morgan fingerprint density at radius 1 is 0.735 bits per heavy atom. The maximum atomic E-state index is 12.0. The van der Waals surface area contributed by atoms with Gasteiger partial charge in [0.1, 0.15) is 0 Å². The molecule has 10 aliphatic rings. The Hall–Kier alpha value is -1.42. The molecule has 4 bridgehead atoms. The van der Waals surface area contributed by atoms with E-state index >= 15 is 0 Å². The zero-order valence-electron chi connectivity index (χ0n) is 30.0. The van der Waals surface area contributed by atoms with Crippen LogP contribution >= 0.6 is 0 Å². The number of carboxylic acid groups (broad SMARTS) is 1. The fourth-order valence-corrected chi connectivity index (χ4v) is 9.85. The van der Waals surface area contributed by atoms with Gasteiger partial charge in [0.05, 0.1) is 13.5 Å². The van der Waals surface area contributed by atoms with Crippen molar-refractivity contribution >= 4 is 11.9 Å². The molecule has 0 aromatic rings. The molecule has 0 aromatic heterocycles. The molecule has 0 N–H and O–H groups in total. The molecule has 2 saturated carbocycles. The second kappa shape index (κ2) is 13.5. The third kappa shape index (κ3) is 6.06. The number of rotatable bonds is 5. The van der Waals surface area contributed by atoms with Gasteiger partial charge in [0, 0.05) is 53.6 Å². The van der Waals surface area contributed by atoms with Gasteiger partial charge in [0.2, 0.25) is 24.2 Å². The first-order valence-corrected chi connectivity index (χ1v) is 17.5. The third-order valence-electron chi connectivity index (χ3n) is 12.5. The van der Waals surface area contributed by atoms with Crippen LogP contribution in [0.1, 0.15) is 106 Å². The van der Waals surface area contributed by atoms with Crippen LogP contribution in [0.3, 0.4) is 0 Å². The van der Waals surface area contributed by atoms with Crippen molar-refractivity contribution in [2.24, 2.45) is 35.5 Å². The SMILES string of the molecule is CC1=C(OC(=O)CCC(=O)[O-])O[C@@H]2O[C@]3(C)CCC4[C@H](C)CC[C@@H]1[C@]42OO3.COC1=C(C)[C@@H]2CC[C@@H](C)C3CC[C@]4(C)OO[C@]32[C@H](O1)O4.[Na+]. The minimum Gasteiger partial charge on any atom is -0.550 e. The number of carbonyl (C=O) groups excluding carboxylic acids is 2. The van der Waals surface area contributed by atoms with Crippen molar-refractivity contribution in [2.45, 2.75) is 141 Å². The number of ether oxygens (including phenoxy) is 6. The van der Waals surface area contributed by atoms with Crippen LogP contribution < -0.4 is 34.7 Å². The zero-order chi connectivity index (χ0) is 34.2. The number of aliphatic carboxylic acids is 1. The molecular weight excluding hydrogens is 651 g/mol. The number of hydrogen-bond acceptors (Lipinski definition) is 13. The van der Waals surface area contributed by atoms with Gasteiger partial charge in [-0.2, -0.15) is 0 Å². The minimum absolute atomic E-state index is 0. The first-order valence-electron chi connectivity index (χ1n) is 17.5. The quantitative estimate of drug-likeness (QED) is 0.233. The summed E-state index contributed by atoms with van der Waals surface area (Å²) in [5.74, 6) is -1.16. The van der Waals surface area contributed by atoms with Crippen molar-refractivity contribution < 1.29 is 92.2 Å². The van der Waals surface area contributed by atoms with Crippen molar-refractivity contribution in [1.82, 2.24) is 0 Å². The molecule has 14 heteroatoms. The summed E-state index contributed by atoms with van der Waals surface area (Å²) in [7, 11) is 1.65. The number of methoxy groups -OCH3 is 1. The number of hydrogen-bond donors (Lipinski definition) is 0. The third-order valence-corrected chi connectivity index (χ3v) is 12.5. The molecule has 2 spiro atoms. The Kier molecular flexibility index (Phi) is 10.3. The van der Waals surface area contributed by atoms with E-state index in [-0.39, 0.29) is 59.7 Å². The maximum Gasteiger partial charge on any atom is 1.00 e. The van der Waals surface area contributed by atoms with Gasteiger partial charge in [0.15, 0.2) is 11.2 Å². The predicted octanol–water partition coefficient (Wildman–Crippen LogP) is 1.65. The van der Waals surface area contributed by atoms with Gasteiger partial charge in [-0.15, -0.1) is 0 Å². The van der Waals surface area contributed by atoms with E-state index in [9.17, 15) is 14.7 Å². The normalized spacial score (nSPS) is 45.9. The molecule has 13 nitrogen and oxygen atoms in total. The molecule has 10 rings (SSSR count). The fourth-order valence-electron chi connectivity index (χ4n) is 9.85. The van der Waals surface area contributed by atoms with Gasteiger partial charge in [-0.05, 0) is 84.5 Å². The molecule has 2 aliphatic carbocycles. The van der Waals surface area contributed by atoms with E-state index in [4.69, 9.17) is 48.0 Å². The van der Waals surface area contributed by atoms with Gasteiger partial charge < -0.3 is 38.3 Å². The number of carboxylic acids is 1. The first kappa shape index (κ1) is 37.3. The number of carbonyl (C=O) groups is 2. The molecule has 8 heterocycles. The Morgan fingerprint density at radius 2 is 1.20 bits per heavy atom. The number of fused-ring (bicyclic) bond motifs is 4. The van der Waals surface area contributed by atoms with Crippen LogP contribution in [0, 0.1) is 35.5 Å². The molecule has 2 unspecified atom stereocenters. The van der Waals surface area contributed by atoms with E-state index < -0.39 is 53.7 Å². The topological polar surface area (TPSA) is 150 Å². The molecule has 268 valence electrons. The molecule has 8 fully saturated rings. The largest absolute Gasteiger partial charge is 1.00 e. The first-order chi connectivity index (χ1) is 22.7. The average molecular weight is 701 g/mol. The van der Waals surface area contributed by atoms with Crippen LogP contribution in [-0.4, -0.2) is 54.4 Å². The van der Waals surface area contributed by atoms with Crippen molar-refractivity contribution in [3.05, 3.63) is 23.0 Å². The van der Waals surface area contributed by atoms with Crippen LogP contribution in [0.4, 0.5) is 0 Å². The standard InChI is InChI=1S/C19H26O8.C16H24O5.Na/c1-10-4-5-13-11(2)16(23-15(22)7-6-14(20)21)24-17-19(13)12(10)8-9-18(3,25-17)26-27-19;1-9-5-6-12-10(2)13(17-4)18-14-16(12)11(9)7-8-15(3,19-14)20-21-16;/h10,12-13,17H,4-9H2,1-3H3,(H,20,21);9,11-12,14H,5-8H2,1-4H3;/q;;+1/p-1/t10-,12?,13+,17-,18+,19-;9-,11?,12+,14-,15+,16-;/m11./s1. The molecule has 0 amide bonds. The van der Waals surface area contributed by atoms with Gasteiger partial charge in [0.25, 0.3) is 11.9 Å².